The van der Waals surface area contributed by atoms with Crippen LogP contribution in [0.5, 0.6) is 0 Å². The van der Waals surface area contributed by atoms with Crippen molar-refractivity contribution >= 4 is 34.5 Å². The van der Waals surface area contributed by atoms with Crippen molar-refractivity contribution in [2.45, 2.75) is 19.6 Å². The second kappa shape index (κ2) is 7.89. The van der Waals surface area contributed by atoms with Crippen LogP contribution >= 0.6 is 0 Å². The molecule has 30 heavy (non-hydrogen) atoms. The molecule has 12 heteroatoms. The molecule has 156 valence electrons. The van der Waals surface area contributed by atoms with Gasteiger partial charge >= 0.3 is 12.1 Å². The van der Waals surface area contributed by atoms with Gasteiger partial charge in [-0.1, -0.05) is 0 Å². The van der Waals surface area contributed by atoms with E-state index in [0.29, 0.717) is 4.90 Å². The number of Topliss-reactive ketones (excluding diaryl/α,β-unsaturated/α-hetero) is 1. The van der Waals surface area contributed by atoms with Crippen LogP contribution < -0.4 is 15.8 Å². The number of alkyl halides is 3. The summed E-state index contributed by atoms with van der Waals surface area (Å²) in [5.41, 5.74) is -0.703. The van der Waals surface area contributed by atoms with E-state index in [0.717, 1.165) is 6.20 Å². The minimum atomic E-state index is -5.15. The monoisotopic (exact) mass is 420 g/mol. The number of rotatable bonds is 5. The third-order valence-corrected chi connectivity index (χ3v) is 4.10. The molecular weight excluding hydrogens is 405 g/mol. The van der Waals surface area contributed by atoms with E-state index in [-0.39, 0.29) is 39.8 Å². The maximum Gasteiger partial charge on any atom is 0.471 e. The fourth-order valence-electron chi connectivity index (χ4n) is 2.62. The Morgan fingerprint density at radius 2 is 1.83 bits per heavy atom. The Bertz CT molecular complexity index is 1170. The number of aromatic nitrogens is 4. The van der Waals surface area contributed by atoms with Gasteiger partial charge in [-0.2, -0.15) is 18.2 Å². The van der Waals surface area contributed by atoms with E-state index in [4.69, 9.17) is 0 Å². The summed E-state index contributed by atoms with van der Waals surface area (Å²) in [4.78, 5) is 50.3. The van der Waals surface area contributed by atoms with Crippen molar-refractivity contribution in [3.05, 3.63) is 52.1 Å². The van der Waals surface area contributed by atoms with E-state index >= 15 is 0 Å². The first-order valence-corrected chi connectivity index (χ1v) is 8.53. The number of hydrogen-bond acceptors (Lipinski definition) is 7. The molecule has 3 aromatic rings. The van der Waals surface area contributed by atoms with Crippen LogP contribution in [0.3, 0.4) is 0 Å². The summed E-state index contributed by atoms with van der Waals surface area (Å²) in [5.74, 6) is -2.25. The average molecular weight is 420 g/mol. The molecule has 1 amide bonds. The number of aromatic amines is 1. The van der Waals surface area contributed by atoms with Crippen molar-refractivity contribution in [1.29, 1.82) is 0 Å². The summed E-state index contributed by atoms with van der Waals surface area (Å²) >= 11 is 0. The van der Waals surface area contributed by atoms with Gasteiger partial charge in [0, 0.05) is 18.3 Å². The second-order valence-corrected chi connectivity index (χ2v) is 6.19. The molecule has 0 radical (unpaired) electrons. The molecular formula is C18H15F3N6O3. The van der Waals surface area contributed by atoms with Gasteiger partial charge in [0.2, 0.25) is 5.95 Å². The Hall–Kier alpha value is -3.83. The number of nitrogens with one attached hydrogen (secondary N) is 2. The molecule has 2 aromatic heterocycles. The van der Waals surface area contributed by atoms with Crippen molar-refractivity contribution in [2.24, 2.45) is 0 Å². The number of benzene rings is 1. The predicted octanol–water partition coefficient (Wildman–Crippen LogP) is 2.05. The zero-order valence-electron chi connectivity index (χ0n) is 15.7. The molecule has 0 unspecified atom stereocenters. The molecule has 2 heterocycles. The van der Waals surface area contributed by atoms with Gasteiger partial charge in [-0.25, -0.2) is 9.97 Å². The third kappa shape index (κ3) is 4.26. The van der Waals surface area contributed by atoms with Crippen LogP contribution in [0.25, 0.3) is 11.2 Å². The summed E-state index contributed by atoms with van der Waals surface area (Å²) in [6, 6.07) is 5.08. The lowest BCUT2D eigenvalue weighted by Gasteiger charge is -2.23. The van der Waals surface area contributed by atoms with Gasteiger partial charge < -0.3 is 5.32 Å². The van der Waals surface area contributed by atoms with Gasteiger partial charge in [-0.15, -0.1) is 0 Å². The quantitative estimate of drug-likeness (QED) is 0.606. The van der Waals surface area contributed by atoms with Crippen molar-refractivity contribution in [2.75, 3.05) is 17.3 Å². The number of carbonyl (C=O) groups is 2. The van der Waals surface area contributed by atoms with E-state index in [1.54, 1.807) is 0 Å². The number of amides is 1. The fourth-order valence-corrected chi connectivity index (χ4v) is 2.62. The highest BCUT2D eigenvalue weighted by Crippen LogP contribution is 2.26. The number of ketones is 1. The third-order valence-electron chi connectivity index (χ3n) is 4.10. The van der Waals surface area contributed by atoms with E-state index in [2.05, 4.69) is 25.3 Å². The average Bonchev–Trinajstić information content (AvgIpc) is 2.71. The molecule has 0 aliphatic rings. The highest BCUT2D eigenvalue weighted by atomic mass is 19.4. The van der Waals surface area contributed by atoms with Crippen molar-refractivity contribution in [3.8, 4) is 0 Å². The molecule has 0 saturated carbocycles. The van der Waals surface area contributed by atoms with E-state index in [9.17, 15) is 27.6 Å². The number of H-pyrrole nitrogens is 1. The summed E-state index contributed by atoms with van der Waals surface area (Å²) in [6.45, 7) is 0.706. The number of halogens is 3. The number of hydrogen-bond donors (Lipinski definition) is 2. The first-order chi connectivity index (χ1) is 14.1. The maximum absolute atomic E-state index is 13.1. The topological polar surface area (TPSA) is 121 Å². The molecule has 3 rings (SSSR count). The molecule has 0 spiro atoms. The van der Waals surface area contributed by atoms with E-state index in [1.165, 1.54) is 38.2 Å². The number of carbonyl (C=O) groups excluding carboxylic acids is 2. The second-order valence-electron chi connectivity index (χ2n) is 6.19. The van der Waals surface area contributed by atoms with Gasteiger partial charge in [-0.05, 0) is 31.2 Å². The van der Waals surface area contributed by atoms with Crippen molar-refractivity contribution in [3.63, 3.8) is 0 Å². The SMILES string of the molecule is CNc1nc2ncc(CN(C(=O)C(F)(F)F)c3ccc(C(C)=O)cc3)nc2c(=O)[nH]1. The van der Waals surface area contributed by atoms with Gasteiger partial charge in [-0.3, -0.25) is 24.3 Å². The normalized spacial score (nSPS) is 11.4. The Balaban J connectivity index is 2.02. The van der Waals surface area contributed by atoms with Crippen LogP contribution in [0.2, 0.25) is 0 Å². The summed E-state index contributed by atoms with van der Waals surface area (Å²) in [5, 5.41) is 2.64. The lowest BCUT2D eigenvalue weighted by atomic mass is 10.1. The summed E-state index contributed by atoms with van der Waals surface area (Å²) < 4.78 is 39.4. The van der Waals surface area contributed by atoms with Crippen LogP contribution in [-0.2, 0) is 11.3 Å². The predicted molar refractivity (Wildman–Crippen MR) is 101 cm³/mol. The lowest BCUT2D eigenvalue weighted by molar-refractivity contribution is -0.170. The van der Waals surface area contributed by atoms with Crippen molar-refractivity contribution < 1.29 is 22.8 Å². The van der Waals surface area contributed by atoms with Crippen molar-refractivity contribution in [1.82, 2.24) is 19.9 Å². The van der Waals surface area contributed by atoms with Crippen LogP contribution in [-0.4, -0.2) is 44.9 Å². The molecule has 1 aromatic carbocycles. The molecule has 2 N–H and O–H groups in total. The van der Waals surface area contributed by atoms with Crippen LogP contribution in [0.4, 0.5) is 24.8 Å². The van der Waals surface area contributed by atoms with E-state index in [1.807, 2.05) is 0 Å². The minimum Gasteiger partial charge on any atom is -0.359 e. The molecule has 0 aliphatic carbocycles. The Morgan fingerprint density at radius 3 is 2.40 bits per heavy atom. The zero-order chi connectivity index (χ0) is 22.1. The molecule has 0 aliphatic heterocycles. The maximum atomic E-state index is 13.1. The van der Waals surface area contributed by atoms with Gasteiger partial charge in [0.15, 0.2) is 16.9 Å². The summed E-state index contributed by atoms with van der Waals surface area (Å²) in [7, 11) is 1.53. The lowest BCUT2D eigenvalue weighted by Crippen LogP contribution is -2.41. The fraction of sp³-hybridized carbons (Fsp3) is 0.222. The number of fused-ring (bicyclic) bond motifs is 1. The van der Waals surface area contributed by atoms with Crippen LogP contribution in [0, 0.1) is 0 Å². The molecule has 0 bridgehead atoms. The van der Waals surface area contributed by atoms with Gasteiger partial charge in [0.25, 0.3) is 5.56 Å². The van der Waals surface area contributed by atoms with Crippen LogP contribution in [0.1, 0.15) is 23.0 Å². The number of anilines is 2. The highest BCUT2D eigenvalue weighted by molar-refractivity contribution is 5.98. The molecule has 0 saturated heterocycles. The smallest absolute Gasteiger partial charge is 0.359 e. The Labute approximate surface area is 167 Å². The largest absolute Gasteiger partial charge is 0.471 e. The van der Waals surface area contributed by atoms with Gasteiger partial charge in [0.05, 0.1) is 18.4 Å². The molecule has 9 nitrogen and oxygen atoms in total. The Morgan fingerprint density at radius 1 is 1.17 bits per heavy atom. The number of nitrogens with zero attached hydrogens (tertiary/aromatic N) is 4. The first kappa shape index (κ1) is 20.9. The van der Waals surface area contributed by atoms with Gasteiger partial charge in [0.1, 0.15) is 0 Å². The summed E-state index contributed by atoms with van der Waals surface area (Å²) in [6.07, 6.45) is -4.01. The van der Waals surface area contributed by atoms with Crippen LogP contribution in [0.15, 0.2) is 35.3 Å². The highest BCUT2D eigenvalue weighted by Gasteiger charge is 2.43. The molecule has 0 atom stereocenters. The molecule has 0 fully saturated rings. The minimum absolute atomic E-state index is 0.00800. The first-order valence-electron chi connectivity index (χ1n) is 8.53. The standard InChI is InChI=1S/C18H15F3N6O3/c1-9(28)10-3-5-12(6-4-10)27(16(30)18(19,20)21)8-11-7-23-14-13(24-11)15(29)26-17(22-2)25-14/h3-7H,8H2,1-2H3,(H2,22,23,25,26,29). The Kier molecular flexibility index (Phi) is 5.49. The van der Waals surface area contributed by atoms with E-state index < -0.39 is 24.2 Å². The zero-order valence-corrected chi connectivity index (χ0v) is 15.7.